The maximum atomic E-state index is 12.3. The smallest absolute Gasteiger partial charge is 0.240 e. The van der Waals surface area contributed by atoms with Crippen LogP contribution in [0.3, 0.4) is 0 Å². The number of sulfonamides is 1. The van der Waals surface area contributed by atoms with Gasteiger partial charge in [0.25, 0.3) is 0 Å². The predicted molar refractivity (Wildman–Crippen MR) is 81.8 cm³/mol. The van der Waals surface area contributed by atoms with Gasteiger partial charge in [-0.15, -0.1) is 0 Å². The number of carbonyl (C=O) groups excluding carboxylic acids is 1. The lowest BCUT2D eigenvalue weighted by Crippen LogP contribution is -2.29. The monoisotopic (exact) mass is 308 g/mol. The summed E-state index contributed by atoms with van der Waals surface area (Å²) in [4.78, 5) is 11.8. The summed E-state index contributed by atoms with van der Waals surface area (Å²) < 4.78 is 27.1. The van der Waals surface area contributed by atoms with Crippen molar-refractivity contribution in [1.82, 2.24) is 10.0 Å². The van der Waals surface area contributed by atoms with Gasteiger partial charge in [0.1, 0.15) is 0 Å². The Morgan fingerprint density at radius 2 is 2.19 bits per heavy atom. The third-order valence-electron chi connectivity index (χ3n) is 3.43. The molecule has 0 saturated heterocycles. The van der Waals surface area contributed by atoms with Gasteiger partial charge in [0.2, 0.25) is 10.0 Å². The molecule has 0 unspecified atom stereocenters. The van der Waals surface area contributed by atoms with Crippen LogP contribution in [-0.2, 0) is 10.0 Å². The Balaban J connectivity index is 2.11. The van der Waals surface area contributed by atoms with Crippen LogP contribution in [0.1, 0.15) is 30.1 Å². The van der Waals surface area contributed by atoms with E-state index in [4.69, 9.17) is 0 Å². The third kappa shape index (κ3) is 4.23. The zero-order chi connectivity index (χ0) is 15.3. The van der Waals surface area contributed by atoms with E-state index in [1.165, 1.54) is 12.1 Å². The SMILES string of the molecule is CCC(=O)c1cccc(S(=O)(=O)NCC2=CCNCC2)c1. The molecule has 0 bridgehead atoms. The molecule has 1 heterocycles. The van der Waals surface area contributed by atoms with E-state index in [1.54, 1.807) is 19.1 Å². The normalized spacial score (nSPS) is 15.6. The Bertz CT molecular complexity index is 651. The molecule has 0 atom stereocenters. The fourth-order valence-electron chi connectivity index (χ4n) is 2.14. The number of benzene rings is 1. The Morgan fingerprint density at radius 1 is 1.38 bits per heavy atom. The van der Waals surface area contributed by atoms with Crippen LogP contribution in [0, 0.1) is 0 Å². The van der Waals surface area contributed by atoms with Crippen LogP contribution in [0.15, 0.2) is 40.8 Å². The lowest BCUT2D eigenvalue weighted by atomic mass is 10.1. The highest BCUT2D eigenvalue weighted by Crippen LogP contribution is 2.14. The van der Waals surface area contributed by atoms with E-state index in [1.807, 2.05) is 6.08 Å². The van der Waals surface area contributed by atoms with Crippen LogP contribution in [0.4, 0.5) is 0 Å². The van der Waals surface area contributed by atoms with E-state index < -0.39 is 10.0 Å². The van der Waals surface area contributed by atoms with Crippen LogP contribution in [-0.4, -0.2) is 33.8 Å². The topological polar surface area (TPSA) is 75.3 Å². The van der Waals surface area contributed by atoms with Crippen molar-refractivity contribution in [1.29, 1.82) is 0 Å². The highest BCUT2D eigenvalue weighted by Gasteiger charge is 2.16. The molecule has 1 aromatic carbocycles. The van der Waals surface area contributed by atoms with Crippen molar-refractivity contribution in [2.45, 2.75) is 24.7 Å². The first-order chi connectivity index (χ1) is 10.0. The Kier molecular flexibility index (Phi) is 5.27. The van der Waals surface area contributed by atoms with Crippen molar-refractivity contribution in [2.75, 3.05) is 19.6 Å². The Morgan fingerprint density at radius 3 is 2.86 bits per heavy atom. The second kappa shape index (κ2) is 6.98. The van der Waals surface area contributed by atoms with Gasteiger partial charge in [-0.05, 0) is 25.1 Å². The number of hydrogen-bond acceptors (Lipinski definition) is 4. The minimum Gasteiger partial charge on any atom is -0.313 e. The van der Waals surface area contributed by atoms with Crippen molar-refractivity contribution in [3.63, 3.8) is 0 Å². The van der Waals surface area contributed by atoms with Crippen molar-refractivity contribution in [3.05, 3.63) is 41.5 Å². The largest absolute Gasteiger partial charge is 0.313 e. The van der Waals surface area contributed by atoms with Gasteiger partial charge in [-0.2, -0.15) is 0 Å². The minimum atomic E-state index is -3.59. The fourth-order valence-corrected chi connectivity index (χ4v) is 3.22. The molecule has 6 heteroatoms. The van der Waals surface area contributed by atoms with Crippen LogP contribution < -0.4 is 10.0 Å². The van der Waals surface area contributed by atoms with E-state index in [2.05, 4.69) is 10.0 Å². The Hall–Kier alpha value is -1.50. The molecule has 114 valence electrons. The van der Waals surface area contributed by atoms with Crippen molar-refractivity contribution >= 4 is 15.8 Å². The first-order valence-corrected chi connectivity index (χ1v) is 8.53. The van der Waals surface area contributed by atoms with Gasteiger partial charge < -0.3 is 5.32 Å². The van der Waals surface area contributed by atoms with Gasteiger partial charge in [0.05, 0.1) is 4.90 Å². The number of carbonyl (C=O) groups is 1. The first kappa shape index (κ1) is 15.9. The van der Waals surface area contributed by atoms with Gasteiger partial charge in [0, 0.05) is 25.1 Å². The molecule has 5 nitrogen and oxygen atoms in total. The molecule has 0 aliphatic carbocycles. The molecule has 0 radical (unpaired) electrons. The molecule has 0 amide bonds. The molecular weight excluding hydrogens is 288 g/mol. The maximum Gasteiger partial charge on any atom is 0.240 e. The van der Waals surface area contributed by atoms with Gasteiger partial charge in [-0.3, -0.25) is 4.79 Å². The van der Waals surface area contributed by atoms with Crippen molar-refractivity contribution in [2.24, 2.45) is 0 Å². The van der Waals surface area contributed by atoms with E-state index >= 15 is 0 Å². The zero-order valence-electron chi connectivity index (χ0n) is 12.1. The van der Waals surface area contributed by atoms with E-state index in [0.29, 0.717) is 18.5 Å². The molecule has 0 aromatic heterocycles. The number of ketones is 1. The highest BCUT2D eigenvalue weighted by atomic mass is 32.2. The molecule has 2 N–H and O–H groups in total. The van der Waals surface area contributed by atoms with Gasteiger partial charge in [-0.25, -0.2) is 13.1 Å². The molecular formula is C15H20N2O3S. The van der Waals surface area contributed by atoms with Gasteiger partial charge in [-0.1, -0.05) is 30.7 Å². The van der Waals surface area contributed by atoms with Crippen LogP contribution in [0.2, 0.25) is 0 Å². The van der Waals surface area contributed by atoms with Crippen molar-refractivity contribution < 1.29 is 13.2 Å². The van der Waals surface area contributed by atoms with Gasteiger partial charge >= 0.3 is 0 Å². The summed E-state index contributed by atoms with van der Waals surface area (Å²) in [5, 5.41) is 3.18. The minimum absolute atomic E-state index is 0.0619. The highest BCUT2D eigenvalue weighted by molar-refractivity contribution is 7.89. The summed E-state index contributed by atoms with van der Waals surface area (Å²) in [6, 6.07) is 6.18. The third-order valence-corrected chi connectivity index (χ3v) is 4.83. The Labute approximate surface area is 125 Å². The lowest BCUT2D eigenvalue weighted by Gasteiger charge is -2.15. The summed E-state index contributed by atoms with van der Waals surface area (Å²) in [5.74, 6) is -0.0619. The summed E-state index contributed by atoms with van der Waals surface area (Å²) >= 11 is 0. The molecule has 1 aromatic rings. The second-order valence-corrected chi connectivity index (χ2v) is 6.71. The van der Waals surface area contributed by atoms with E-state index in [-0.39, 0.29) is 10.7 Å². The summed E-state index contributed by atoms with van der Waals surface area (Å²) in [6.07, 6.45) is 3.21. The van der Waals surface area contributed by atoms with E-state index in [9.17, 15) is 13.2 Å². The molecule has 1 aliphatic heterocycles. The van der Waals surface area contributed by atoms with E-state index in [0.717, 1.165) is 25.1 Å². The quantitative estimate of drug-likeness (QED) is 0.616. The number of hydrogen-bond donors (Lipinski definition) is 2. The van der Waals surface area contributed by atoms with Gasteiger partial charge in [0.15, 0.2) is 5.78 Å². The molecule has 0 spiro atoms. The molecule has 2 rings (SSSR count). The molecule has 1 aliphatic rings. The summed E-state index contributed by atoms with van der Waals surface area (Å²) in [7, 11) is -3.59. The average molecular weight is 308 g/mol. The molecule has 21 heavy (non-hydrogen) atoms. The summed E-state index contributed by atoms with van der Waals surface area (Å²) in [5.41, 5.74) is 1.51. The first-order valence-electron chi connectivity index (χ1n) is 7.04. The number of Topliss-reactive ketones (excluding diaryl/α,β-unsaturated/α-hetero) is 1. The predicted octanol–water partition coefficient (Wildman–Crippen LogP) is 1.48. The lowest BCUT2D eigenvalue weighted by molar-refractivity contribution is 0.0988. The molecule has 0 fully saturated rings. The van der Waals surface area contributed by atoms with Crippen LogP contribution >= 0.6 is 0 Å². The maximum absolute atomic E-state index is 12.3. The summed E-state index contributed by atoms with van der Waals surface area (Å²) in [6.45, 7) is 3.72. The zero-order valence-corrected chi connectivity index (χ0v) is 12.9. The fraction of sp³-hybridized carbons (Fsp3) is 0.400. The van der Waals surface area contributed by atoms with Crippen molar-refractivity contribution in [3.8, 4) is 0 Å². The molecule has 0 saturated carbocycles. The van der Waals surface area contributed by atoms with Crippen LogP contribution in [0.5, 0.6) is 0 Å². The number of nitrogens with one attached hydrogen (secondary N) is 2. The number of rotatable bonds is 6. The average Bonchev–Trinajstić information content (AvgIpc) is 2.53. The van der Waals surface area contributed by atoms with Crippen LogP contribution in [0.25, 0.3) is 0 Å². The second-order valence-electron chi connectivity index (χ2n) is 4.95. The standard InChI is InChI=1S/C15H20N2O3S/c1-2-15(18)13-4-3-5-14(10-13)21(19,20)17-11-12-6-8-16-9-7-12/h3-6,10,16-17H,2,7-9,11H2,1H3.